The molecule has 0 aliphatic carbocycles. The van der Waals surface area contributed by atoms with Crippen molar-refractivity contribution in [1.82, 2.24) is 19.2 Å². The molecule has 0 N–H and O–H groups in total. The van der Waals surface area contributed by atoms with Crippen LogP contribution < -0.4 is 4.74 Å². The van der Waals surface area contributed by atoms with Crippen LogP contribution >= 0.6 is 11.6 Å². The summed E-state index contributed by atoms with van der Waals surface area (Å²) in [7, 11) is 1.55. The summed E-state index contributed by atoms with van der Waals surface area (Å²) in [6, 6.07) is 17.3. The molecule has 1 aliphatic heterocycles. The van der Waals surface area contributed by atoms with E-state index in [0.717, 1.165) is 28.3 Å². The van der Waals surface area contributed by atoms with E-state index in [1.807, 2.05) is 45.9 Å². The van der Waals surface area contributed by atoms with E-state index in [1.54, 1.807) is 30.2 Å². The molecule has 31 heavy (non-hydrogen) atoms. The van der Waals surface area contributed by atoms with Gasteiger partial charge >= 0.3 is 0 Å². The average molecular weight is 433 g/mol. The van der Waals surface area contributed by atoms with Crippen LogP contribution in [0.25, 0.3) is 11.5 Å². The lowest BCUT2D eigenvalue weighted by atomic mass is 10.1. The maximum absolute atomic E-state index is 13.3. The van der Waals surface area contributed by atoms with Gasteiger partial charge in [0.1, 0.15) is 11.6 Å². The van der Waals surface area contributed by atoms with Crippen LogP contribution in [0.4, 0.5) is 0 Å². The van der Waals surface area contributed by atoms with Crippen molar-refractivity contribution in [3.8, 4) is 17.3 Å². The molecule has 7 heteroatoms. The largest absolute Gasteiger partial charge is 0.496 e. The highest BCUT2D eigenvalue weighted by Gasteiger charge is 2.32. The van der Waals surface area contributed by atoms with Crippen LogP contribution in [-0.4, -0.2) is 32.3 Å². The first-order valence-electron chi connectivity index (χ1n) is 9.99. The van der Waals surface area contributed by atoms with Gasteiger partial charge in [0, 0.05) is 23.0 Å². The maximum atomic E-state index is 13.3. The van der Waals surface area contributed by atoms with E-state index in [4.69, 9.17) is 21.4 Å². The summed E-state index contributed by atoms with van der Waals surface area (Å²) in [4.78, 5) is 15.1. The second-order valence-corrected chi connectivity index (χ2v) is 8.03. The molecule has 1 aliphatic rings. The van der Waals surface area contributed by atoms with Crippen molar-refractivity contribution in [2.24, 2.45) is 0 Å². The van der Waals surface area contributed by atoms with Crippen molar-refractivity contribution in [3.05, 3.63) is 94.4 Å². The van der Waals surface area contributed by atoms with E-state index in [1.165, 1.54) is 0 Å². The van der Waals surface area contributed by atoms with Crippen LogP contribution in [-0.2, 0) is 13.1 Å². The zero-order chi connectivity index (χ0) is 21.5. The van der Waals surface area contributed by atoms with Crippen molar-refractivity contribution in [3.63, 3.8) is 0 Å². The molecule has 0 saturated heterocycles. The summed E-state index contributed by atoms with van der Waals surface area (Å²) >= 11 is 6.14. The van der Waals surface area contributed by atoms with Gasteiger partial charge in [0.15, 0.2) is 0 Å². The number of nitrogens with zero attached hydrogens (tertiary/aromatic N) is 4. The number of rotatable bonds is 4. The number of aryl methyl sites for hydroxylation is 1. The highest BCUT2D eigenvalue weighted by molar-refractivity contribution is 6.31. The Morgan fingerprint density at radius 3 is 2.61 bits per heavy atom. The Morgan fingerprint density at radius 1 is 1.06 bits per heavy atom. The van der Waals surface area contributed by atoms with Gasteiger partial charge in [-0.3, -0.25) is 4.79 Å². The average Bonchev–Trinajstić information content (AvgIpc) is 3.49. The van der Waals surface area contributed by atoms with Gasteiger partial charge in [0.25, 0.3) is 5.91 Å². The summed E-state index contributed by atoms with van der Waals surface area (Å²) < 4.78 is 9.38. The number of fused-ring (bicyclic) bond motifs is 1. The Kier molecular flexibility index (Phi) is 4.79. The predicted molar refractivity (Wildman–Crippen MR) is 119 cm³/mol. The Morgan fingerprint density at radius 2 is 1.87 bits per heavy atom. The minimum Gasteiger partial charge on any atom is -0.496 e. The van der Waals surface area contributed by atoms with Crippen LogP contribution in [0.15, 0.2) is 67.0 Å². The molecule has 0 fully saturated rings. The number of aromatic nitrogens is 3. The highest BCUT2D eigenvalue weighted by Crippen LogP contribution is 2.33. The first-order chi connectivity index (χ1) is 15.0. The molecule has 6 nitrogen and oxygen atoms in total. The van der Waals surface area contributed by atoms with Gasteiger partial charge in [-0.15, -0.1) is 0 Å². The number of carbonyl (C=O) groups excluding carboxylic acids is 1. The van der Waals surface area contributed by atoms with Crippen molar-refractivity contribution in [2.75, 3.05) is 7.11 Å². The summed E-state index contributed by atoms with van der Waals surface area (Å²) in [6.45, 7) is 2.95. The second kappa shape index (κ2) is 7.63. The van der Waals surface area contributed by atoms with Gasteiger partial charge in [-0.05, 0) is 55.0 Å². The summed E-state index contributed by atoms with van der Waals surface area (Å²) in [5, 5.41) is 5.39. The molecule has 0 atom stereocenters. The Labute approximate surface area is 185 Å². The minimum atomic E-state index is -0.127. The lowest BCUT2D eigenvalue weighted by Crippen LogP contribution is -2.27. The summed E-state index contributed by atoms with van der Waals surface area (Å²) in [5.74, 6) is 1.33. The molecule has 3 heterocycles. The third-order valence-corrected chi connectivity index (χ3v) is 5.74. The summed E-state index contributed by atoms with van der Waals surface area (Å²) in [6.07, 6.45) is 3.99. The van der Waals surface area contributed by atoms with Crippen LogP contribution in [0.3, 0.4) is 0 Å². The van der Waals surface area contributed by atoms with Crippen molar-refractivity contribution < 1.29 is 9.53 Å². The third kappa shape index (κ3) is 3.39. The van der Waals surface area contributed by atoms with Gasteiger partial charge < -0.3 is 14.2 Å². The number of halogens is 1. The smallest absolute Gasteiger partial charge is 0.258 e. The zero-order valence-electron chi connectivity index (χ0n) is 17.2. The van der Waals surface area contributed by atoms with Crippen LogP contribution in [0.2, 0.25) is 5.02 Å². The number of hydrogen-bond donors (Lipinski definition) is 0. The molecular formula is C24H21ClN4O2. The van der Waals surface area contributed by atoms with E-state index >= 15 is 0 Å². The quantitative estimate of drug-likeness (QED) is 0.466. The number of hydrogen-bond acceptors (Lipinski definition) is 3. The Balaban J connectivity index is 1.55. The van der Waals surface area contributed by atoms with Crippen molar-refractivity contribution in [1.29, 1.82) is 0 Å². The molecule has 2 aromatic heterocycles. The lowest BCUT2D eigenvalue weighted by molar-refractivity contribution is 0.0746. The van der Waals surface area contributed by atoms with Gasteiger partial charge in [-0.2, -0.15) is 5.10 Å². The fourth-order valence-electron chi connectivity index (χ4n) is 4.04. The first kappa shape index (κ1) is 19.5. The van der Waals surface area contributed by atoms with E-state index in [9.17, 15) is 4.79 Å². The molecule has 4 aromatic rings. The Hall–Kier alpha value is -3.51. The monoisotopic (exact) mass is 432 g/mol. The standard InChI is InChI=1S/C24H21ClN4O2/c1-16-6-5-7-18(12-16)29-23(27-10-3-4-11-27)20-14-28(15-21(20)26-29)24(30)19-13-17(25)8-9-22(19)31-2/h3-13H,14-15H2,1-2H3. The third-order valence-electron chi connectivity index (χ3n) is 5.50. The van der Waals surface area contributed by atoms with Gasteiger partial charge in [0.2, 0.25) is 0 Å². The first-order valence-corrected chi connectivity index (χ1v) is 10.4. The van der Waals surface area contributed by atoms with Crippen LogP contribution in [0, 0.1) is 6.92 Å². The molecule has 0 unspecified atom stereocenters. The topological polar surface area (TPSA) is 52.3 Å². The fourth-order valence-corrected chi connectivity index (χ4v) is 4.22. The minimum absolute atomic E-state index is 0.127. The lowest BCUT2D eigenvalue weighted by Gasteiger charge is -2.19. The fraction of sp³-hybridized carbons (Fsp3) is 0.167. The molecule has 1 amide bonds. The predicted octanol–water partition coefficient (Wildman–Crippen LogP) is 4.79. The van der Waals surface area contributed by atoms with Gasteiger partial charge in [-0.1, -0.05) is 23.7 Å². The van der Waals surface area contributed by atoms with Crippen molar-refractivity contribution in [2.45, 2.75) is 20.0 Å². The maximum Gasteiger partial charge on any atom is 0.258 e. The molecule has 2 aromatic carbocycles. The van der Waals surface area contributed by atoms with E-state index < -0.39 is 0 Å². The number of amides is 1. The van der Waals surface area contributed by atoms with Gasteiger partial charge in [-0.25, -0.2) is 4.68 Å². The number of methoxy groups -OCH3 is 1. The summed E-state index contributed by atoms with van der Waals surface area (Å²) in [5.41, 5.74) is 4.53. The number of benzene rings is 2. The zero-order valence-corrected chi connectivity index (χ0v) is 18.0. The molecule has 0 spiro atoms. The van der Waals surface area contributed by atoms with E-state index in [-0.39, 0.29) is 5.91 Å². The molecule has 5 rings (SSSR count). The molecule has 0 radical (unpaired) electrons. The van der Waals surface area contributed by atoms with E-state index in [2.05, 4.69) is 19.1 Å². The highest BCUT2D eigenvalue weighted by atomic mass is 35.5. The number of ether oxygens (including phenoxy) is 1. The molecule has 156 valence electrons. The van der Waals surface area contributed by atoms with Gasteiger partial charge in [0.05, 0.1) is 37.1 Å². The number of carbonyl (C=O) groups is 1. The normalized spacial score (nSPS) is 12.8. The molecule has 0 bridgehead atoms. The van der Waals surface area contributed by atoms with Crippen LogP contribution in [0.1, 0.15) is 27.2 Å². The SMILES string of the molecule is COc1ccc(Cl)cc1C(=O)N1Cc2nn(-c3cccc(C)c3)c(-n3cccc3)c2C1. The van der Waals surface area contributed by atoms with Crippen LogP contribution in [0.5, 0.6) is 5.75 Å². The molecular weight excluding hydrogens is 412 g/mol. The van der Waals surface area contributed by atoms with E-state index in [0.29, 0.717) is 29.4 Å². The Bertz CT molecular complexity index is 1280. The van der Waals surface area contributed by atoms with Crippen molar-refractivity contribution >= 4 is 17.5 Å². The second-order valence-electron chi connectivity index (χ2n) is 7.60. The molecule has 0 saturated carbocycles.